The van der Waals surface area contributed by atoms with Crippen LogP contribution in [0.5, 0.6) is 5.75 Å². The molecule has 1 fully saturated rings. The van der Waals surface area contributed by atoms with Gasteiger partial charge < -0.3 is 19.4 Å². The van der Waals surface area contributed by atoms with E-state index in [1.54, 1.807) is 0 Å². The number of nitrogens with zero attached hydrogens (tertiary/aromatic N) is 1. The van der Waals surface area contributed by atoms with Crippen molar-refractivity contribution in [1.29, 1.82) is 0 Å². The van der Waals surface area contributed by atoms with E-state index in [1.165, 1.54) is 0 Å². The van der Waals surface area contributed by atoms with Crippen molar-refractivity contribution >= 4 is 11.6 Å². The van der Waals surface area contributed by atoms with Crippen LogP contribution in [0.2, 0.25) is 0 Å². The summed E-state index contributed by atoms with van der Waals surface area (Å²) in [5, 5.41) is 2.97. The molecule has 1 saturated heterocycles. The molecule has 140 valence electrons. The van der Waals surface area contributed by atoms with Gasteiger partial charge in [-0.1, -0.05) is 0 Å². The summed E-state index contributed by atoms with van der Waals surface area (Å²) in [7, 11) is 0. The Kier molecular flexibility index (Phi) is 5.67. The molecule has 5 heteroatoms. The zero-order chi connectivity index (χ0) is 18.7. The van der Waals surface area contributed by atoms with E-state index in [-0.39, 0.29) is 12.0 Å². The second-order valence-corrected chi connectivity index (χ2v) is 7.17. The van der Waals surface area contributed by atoms with Gasteiger partial charge in [-0.05, 0) is 70.9 Å². The average Bonchev–Trinajstić information content (AvgIpc) is 3.22. The lowest BCUT2D eigenvalue weighted by Gasteiger charge is -2.14. The van der Waals surface area contributed by atoms with Crippen molar-refractivity contribution in [3.63, 3.8) is 0 Å². The van der Waals surface area contributed by atoms with Crippen LogP contribution < -0.4 is 10.1 Å². The summed E-state index contributed by atoms with van der Waals surface area (Å²) in [6.07, 6.45) is 2.37. The van der Waals surface area contributed by atoms with Crippen LogP contribution in [0.3, 0.4) is 0 Å². The standard InChI is InChI=1S/C21H28N2O3/c1-14(2)23-15(3)12-20(16(23)4)21(24)22-17-7-9-18(10-8-17)26-13-19-6-5-11-25-19/h7-10,12,14,19H,5-6,11,13H2,1-4H3,(H,22,24). The molecule has 0 spiro atoms. The highest BCUT2D eigenvalue weighted by Crippen LogP contribution is 2.22. The molecule has 2 heterocycles. The first-order chi connectivity index (χ1) is 12.5. The molecule has 0 bridgehead atoms. The highest BCUT2D eigenvalue weighted by atomic mass is 16.5. The summed E-state index contributed by atoms with van der Waals surface area (Å²) >= 11 is 0. The molecule has 1 N–H and O–H groups in total. The third-order valence-electron chi connectivity index (χ3n) is 4.82. The maximum Gasteiger partial charge on any atom is 0.257 e. The minimum absolute atomic E-state index is 0.0852. The van der Waals surface area contributed by atoms with Gasteiger partial charge >= 0.3 is 0 Å². The number of hydrogen-bond acceptors (Lipinski definition) is 3. The highest BCUT2D eigenvalue weighted by Gasteiger charge is 2.18. The van der Waals surface area contributed by atoms with Crippen molar-refractivity contribution in [2.24, 2.45) is 0 Å². The van der Waals surface area contributed by atoms with Gasteiger partial charge in [0.15, 0.2) is 0 Å². The first kappa shape index (κ1) is 18.5. The highest BCUT2D eigenvalue weighted by molar-refractivity contribution is 6.05. The van der Waals surface area contributed by atoms with Crippen molar-refractivity contribution in [1.82, 2.24) is 4.57 Å². The minimum Gasteiger partial charge on any atom is -0.491 e. The number of carbonyl (C=O) groups is 1. The predicted octanol–water partition coefficient (Wildman–Crippen LogP) is 4.50. The Balaban J connectivity index is 1.61. The van der Waals surface area contributed by atoms with Gasteiger partial charge in [-0.3, -0.25) is 4.79 Å². The van der Waals surface area contributed by atoms with Gasteiger partial charge in [0.05, 0.1) is 11.7 Å². The molecule has 2 aromatic rings. The quantitative estimate of drug-likeness (QED) is 0.829. The molecule has 1 unspecified atom stereocenters. The van der Waals surface area contributed by atoms with Crippen LogP contribution in [0.4, 0.5) is 5.69 Å². The van der Waals surface area contributed by atoms with Gasteiger partial charge in [0.25, 0.3) is 5.91 Å². The number of ether oxygens (including phenoxy) is 2. The maximum atomic E-state index is 12.6. The first-order valence-electron chi connectivity index (χ1n) is 9.30. The van der Waals surface area contributed by atoms with Crippen LogP contribution in [-0.2, 0) is 4.74 Å². The van der Waals surface area contributed by atoms with Crippen molar-refractivity contribution in [2.45, 2.75) is 52.7 Å². The molecular formula is C21H28N2O3. The van der Waals surface area contributed by atoms with E-state index in [2.05, 4.69) is 23.7 Å². The number of amides is 1. The van der Waals surface area contributed by atoms with Crippen molar-refractivity contribution in [3.8, 4) is 5.75 Å². The maximum absolute atomic E-state index is 12.6. The molecule has 0 saturated carbocycles. The van der Waals surface area contributed by atoms with Gasteiger partial charge in [0.1, 0.15) is 12.4 Å². The topological polar surface area (TPSA) is 52.5 Å². The smallest absolute Gasteiger partial charge is 0.257 e. The van der Waals surface area contributed by atoms with Gasteiger partial charge in [-0.25, -0.2) is 0 Å². The molecular weight excluding hydrogens is 328 g/mol. The molecule has 1 atom stereocenters. The minimum atomic E-state index is -0.0852. The number of aromatic nitrogens is 1. The molecule has 1 aliphatic rings. The van der Waals surface area contributed by atoms with Crippen LogP contribution in [-0.4, -0.2) is 29.8 Å². The summed E-state index contributed by atoms with van der Waals surface area (Å²) in [4.78, 5) is 12.6. The SMILES string of the molecule is Cc1cc(C(=O)Nc2ccc(OCC3CCCO3)cc2)c(C)n1C(C)C. The fraction of sp³-hybridized carbons (Fsp3) is 0.476. The monoisotopic (exact) mass is 356 g/mol. The van der Waals surface area contributed by atoms with Crippen LogP contribution >= 0.6 is 0 Å². The van der Waals surface area contributed by atoms with E-state index in [0.717, 1.165) is 47.8 Å². The van der Waals surface area contributed by atoms with Crippen LogP contribution in [0.15, 0.2) is 30.3 Å². The lowest BCUT2D eigenvalue weighted by atomic mass is 10.2. The molecule has 5 nitrogen and oxygen atoms in total. The number of benzene rings is 1. The molecule has 0 aliphatic carbocycles. The third-order valence-corrected chi connectivity index (χ3v) is 4.82. The summed E-state index contributed by atoms with van der Waals surface area (Å²) in [5.74, 6) is 0.703. The normalized spacial score (nSPS) is 16.9. The van der Waals surface area contributed by atoms with E-state index in [0.29, 0.717) is 12.6 Å². The Hall–Kier alpha value is -2.27. The Morgan fingerprint density at radius 3 is 2.62 bits per heavy atom. The Morgan fingerprint density at radius 1 is 1.31 bits per heavy atom. The summed E-state index contributed by atoms with van der Waals surface area (Å²) in [6.45, 7) is 9.67. The zero-order valence-corrected chi connectivity index (χ0v) is 16.0. The molecule has 1 aliphatic heterocycles. The molecule has 1 aromatic carbocycles. The number of hydrogen-bond donors (Lipinski definition) is 1. The molecule has 3 rings (SSSR count). The Morgan fingerprint density at radius 2 is 2.04 bits per heavy atom. The number of carbonyl (C=O) groups excluding carboxylic acids is 1. The number of rotatable bonds is 6. The van der Waals surface area contributed by atoms with Gasteiger partial charge in [-0.15, -0.1) is 0 Å². The predicted molar refractivity (Wildman–Crippen MR) is 103 cm³/mol. The summed E-state index contributed by atoms with van der Waals surface area (Å²) in [5.41, 5.74) is 3.57. The largest absolute Gasteiger partial charge is 0.491 e. The average molecular weight is 356 g/mol. The van der Waals surface area contributed by atoms with Crippen molar-refractivity contribution in [3.05, 3.63) is 47.3 Å². The molecule has 1 amide bonds. The number of nitrogens with one attached hydrogen (secondary N) is 1. The van der Waals surface area contributed by atoms with Crippen LogP contribution in [0.25, 0.3) is 0 Å². The molecule has 0 radical (unpaired) electrons. The van der Waals surface area contributed by atoms with E-state index < -0.39 is 0 Å². The molecule has 1 aromatic heterocycles. The van der Waals surface area contributed by atoms with Gasteiger partial charge in [-0.2, -0.15) is 0 Å². The fourth-order valence-corrected chi connectivity index (χ4v) is 3.60. The first-order valence-corrected chi connectivity index (χ1v) is 9.30. The van der Waals surface area contributed by atoms with E-state index >= 15 is 0 Å². The Labute approximate surface area is 155 Å². The van der Waals surface area contributed by atoms with E-state index in [4.69, 9.17) is 9.47 Å². The van der Waals surface area contributed by atoms with E-state index in [1.807, 2.05) is 44.2 Å². The van der Waals surface area contributed by atoms with Crippen molar-refractivity contribution in [2.75, 3.05) is 18.5 Å². The van der Waals surface area contributed by atoms with Crippen LogP contribution in [0.1, 0.15) is 54.5 Å². The number of anilines is 1. The Bertz CT molecular complexity index is 756. The fourth-order valence-electron chi connectivity index (χ4n) is 3.60. The van der Waals surface area contributed by atoms with Crippen molar-refractivity contribution < 1.29 is 14.3 Å². The molecule has 26 heavy (non-hydrogen) atoms. The zero-order valence-electron chi connectivity index (χ0n) is 16.0. The lowest BCUT2D eigenvalue weighted by molar-refractivity contribution is 0.0679. The summed E-state index contributed by atoms with van der Waals surface area (Å²) < 4.78 is 13.5. The number of aryl methyl sites for hydroxylation is 1. The third kappa shape index (κ3) is 4.10. The second kappa shape index (κ2) is 7.96. The lowest BCUT2D eigenvalue weighted by Crippen LogP contribution is -2.16. The second-order valence-electron chi connectivity index (χ2n) is 7.17. The van der Waals surface area contributed by atoms with Gasteiger partial charge in [0, 0.05) is 29.7 Å². The van der Waals surface area contributed by atoms with E-state index in [9.17, 15) is 4.79 Å². The summed E-state index contributed by atoms with van der Waals surface area (Å²) in [6, 6.07) is 9.76. The van der Waals surface area contributed by atoms with Gasteiger partial charge in [0.2, 0.25) is 0 Å². The van der Waals surface area contributed by atoms with Crippen LogP contribution in [0, 0.1) is 13.8 Å².